The van der Waals surface area contributed by atoms with E-state index in [9.17, 15) is 0 Å². The summed E-state index contributed by atoms with van der Waals surface area (Å²) in [5.41, 5.74) is 7.97. The first-order chi connectivity index (χ1) is 10.1. The molecule has 3 rings (SSSR count). The van der Waals surface area contributed by atoms with Crippen LogP contribution in [0.5, 0.6) is 0 Å². The molecule has 0 radical (unpaired) electrons. The van der Waals surface area contributed by atoms with E-state index in [1.807, 2.05) is 23.7 Å². The number of rotatable bonds is 2. The van der Waals surface area contributed by atoms with Gasteiger partial charge in [-0.2, -0.15) is 0 Å². The molecule has 112 valence electrons. The summed E-state index contributed by atoms with van der Waals surface area (Å²) in [4.78, 5) is 4.81. The number of anilines is 1. The summed E-state index contributed by atoms with van der Waals surface area (Å²) in [6.45, 7) is 0. The molecule has 1 aromatic heterocycles. The van der Waals surface area contributed by atoms with Crippen LogP contribution < -0.4 is 5.73 Å². The summed E-state index contributed by atoms with van der Waals surface area (Å²) in [5.74, 6) is 2.30. The molecule has 0 unspecified atom stereocenters. The Morgan fingerprint density at radius 3 is 2.52 bits per heavy atom. The first-order valence-electron chi connectivity index (χ1n) is 7.35. The van der Waals surface area contributed by atoms with Gasteiger partial charge in [0.1, 0.15) is 17.3 Å². The molecule has 0 atom stereocenters. The molecule has 2 aromatic rings. The van der Waals surface area contributed by atoms with Crippen molar-refractivity contribution in [1.29, 1.82) is 0 Å². The minimum Gasteiger partial charge on any atom is -0.383 e. The maximum atomic E-state index is 6.25. The monoisotopic (exact) mass is 323 g/mol. The van der Waals surface area contributed by atoms with Gasteiger partial charge in [-0.05, 0) is 25.0 Å². The molecule has 1 heterocycles. The third kappa shape index (κ3) is 2.77. The van der Waals surface area contributed by atoms with Crippen molar-refractivity contribution in [1.82, 2.24) is 9.55 Å². The first-order valence-corrected chi connectivity index (χ1v) is 8.11. The van der Waals surface area contributed by atoms with Gasteiger partial charge in [0.15, 0.2) is 0 Å². The fourth-order valence-electron chi connectivity index (χ4n) is 3.11. The Labute approximate surface area is 135 Å². The van der Waals surface area contributed by atoms with Gasteiger partial charge >= 0.3 is 0 Å². The van der Waals surface area contributed by atoms with Crippen LogP contribution in [-0.2, 0) is 7.05 Å². The Kier molecular flexibility index (Phi) is 4.14. The average molecular weight is 324 g/mol. The molecule has 1 aliphatic rings. The van der Waals surface area contributed by atoms with E-state index in [0.717, 1.165) is 17.1 Å². The molecule has 0 aliphatic heterocycles. The molecule has 1 fully saturated rings. The first kappa shape index (κ1) is 14.7. The van der Waals surface area contributed by atoms with Crippen LogP contribution in [0.3, 0.4) is 0 Å². The molecule has 21 heavy (non-hydrogen) atoms. The van der Waals surface area contributed by atoms with Crippen LogP contribution in [0.25, 0.3) is 11.3 Å². The number of aromatic nitrogens is 2. The normalized spacial score (nSPS) is 16.3. The van der Waals surface area contributed by atoms with Gasteiger partial charge in [-0.3, -0.25) is 0 Å². The Morgan fingerprint density at radius 1 is 1.14 bits per heavy atom. The lowest BCUT2D eigenvalue weighted by Gasteiger charge is -2.21. The largest absolute Gasteiger partial charge is 0.383 e. The Bertz CT molecular complexity index is 658. The Morgan fingerprint density at radius 2 is 1.86 bits per heavy atom. The minimum atomic E-state index is 0.516. The van der Waals surface area contributed by atoms with Crippen LogP contribution in [0.4, 0.5) is 5.82 Å². The maximum absolute atomic E-state index is 6.25. The van der Waals surface area contributed by atoms with Crippen LogP contribution in [0, 0.1) is 0 Å². The summed E-state index contributed by atoms with van der Waals surface area (Å²) < 4.78 is 2.02. The van der Waals surface area contributed by atoms with E-state index >= 15 is 0 Å². The van der Waals surface area contributed by atoms with Crippen molar-refractivity contribution >= 4 is 29.0 Å². The fraction of sp³-hybridized carbons (Fsp3) is 0.438. The van der Waals surface area contributed by atoms with E-state index in [-0.39, 0.29) is 0 Å². The second-order valence-electron chi connectivity index (χ2n) is 5.73. The minimum absolute atomic E-state index is 0.516. The van der Waals surface area contributed by atoms with Gasteiger partial charge in [0, 0.05) is 18.5 Å². The summed E-state index contributed by atoms with van der Waals surface area (Å²) >= 11 is 12.1. The highest BCUT2D eigenvalue weighted by atomic mass is 35.5. The smallest absolute Gasteiger partial charge is 0.131 e. The molecule has 0 saturated heterocycles. The number of nitrogens with two attached hydrogens (primary N) is 1. The molecule has 0 spiro atoms. The molecule has 0 bridgehead atoms. The lowest BCUT2D eigenvalue weighted by atomic mass is 9.89. The third-order valence-corrected chi connectivity index (χ3v) is 5.08. The van der Waals surface area contributed by atoms with E-state index in [0.29, 0.717) is 21.8 Å². The van der Waals surface area contributed by atoms with Gasteiger partial charge in [-0.1, -0.05) is 48.5 Å². The lowest BCUT2D eigenvalue weighted by molar-refractivity contribution is 0.422. The zero-order valence-electron chi connectivity index (χ0n) is 12.1. The lowest BCUT2D eigenvalue weighted by Crippen LogP contribution is -2.11. The number of hydrogen-bond donors (Lipinski definition) is 1. The zero-order valence-corrected chi connectivity index (χ0v) is 13.6. The number of benzene rings is 1. The average Bonchev–Trinajstić information content (AvgIpc) is 2.79. The molecule has 2 N–H and O–H groups in total. The number of hydrogen-bond acceptors (Lipinski definition) is 2. The van der Waals surface area contributed by atoms with Crippen LogP contribution in [0.15, 0.2) is 18.2 Å². The maximum Gasteiger partial charge on any atom is 0.131 e. The molecular formula is C16H19Cl2N3. The van der Waals surface area contributed by atoms with Gasteiger partial charge < -0.3 is 10.3 Å². The molecule has 1 aliphatic carbocycles. The molecule has 1 aromatic carbocycles. The van der Waals surface area contributed by atoms with E-state index in [2.05, 4.69) is 0 Å². The highest BCUT2D eigenvalue weighted by molar-refractivity contribution is 6.42. The topological polar surface area (TPSA) is 43.8 Å². The molecule has 5 heteroatoms. The van der Waals surface area contributed by atoms with Gasteiger partial charge in [-0.15, -0.1) is 0 Å². The SMILES string of the molecule is Cn1c(C2CCCCC2)nc(-c2ccc(Cl)c(Cl)c2)c1N. The van der Waals surface area contributed by atoms with Crippen LogP contribution >= 0.6 is 23.2 Å². The van der Waals surface area contributed by atoms with E-state index in [1.165, 1.54) is 32.1 Å². The number of nitrogens with zero attached hydrogens (tertiary/aromatic N) is 2. The molecule has 1 saturated carbocycles. The van der Waals surface area contributed by atoms with Crippen molar-refractivity contribution in [3.05, 3.63) is 34.1 Å². The predicted molar refractivity (Wildman–Crippen MR) is 88.9 cm³/mol. The van der Waals surface area contributed by atoms with Gasteiger partial charge in [0.05, 0.1) is 10.0 Å². The summed E-state index contributed by atoms with van der Waals surface area (Å²) in [6, 6.07) is 5.53. The quantitative estimate of drug-likeness (QED) is 0.842. The van der Waals surface area contributed by atoms with Crippen molar-refractivity contribution in [2.75, 3.05) is 5.73 Å². The molecule has 0 amide bonds. The Hall–Kier alpha value is -1.19. The zero-order chi connectivity index (χ0) is 15.0. The van der Waals surface area contributed by atoms with E-state index < -0.39 is 0 Å². The third-order valence-electron chi connectivity index (χ3n) is 4.34. The molecule has 3 nitrogen and oxygen atoms in total. The highest BCUT2D eigenvalue weighted by Gasteiger charge is 2.23. The van der Waals surface area contributed by atoms with Crippen LogP contribution in [0.2, 0.25) is 10.0 Å². The highest BCUT2D eigenvalue weighted by Crippen LogP contribution is 2.37. The summed E-state index contributed by atoms with van der Waals surface area (Å²) in [5, 5.41) is 1.07. The second-order valence-corrected chi connectivity index (χ2v) is 6.54. The second kappa shape index (κ2) is 5.90. The fourth-order valence-corrected chi connectivity index (χ4v) is 3.41. The van der Waals surface area contributed by atoms with Crippen molar-refractivity contribution in [3.63, 3.8) is 0 Å². The van der Waals surface area contributed by atoms with Crippen LogP contribution in [0.1, 0.15) is 43.8 Å². The number of halogens is 2. The standard InChI is InChI=1S/C16H19Cl2N3/c1-21-15(19)14(11-7-8-12(17)13(18)9-11)20-16(21)10-5-3-2-4-6-10/h7-10H,2-6,19H2,1H3. The van der Waals surface area contributed by atoms with Crippen molar-refractivity contribution in [3.8, 4) is 11.3 Å². The van der Waals surface area contributed by atoms with Crippen molar-refractivity contribution < 1.29 is 0 Å². The van der Waals surface area contributed by atoms with Crippen LogP contribution in [-0.4, -0.2) is 9.55 Å². The van der Waals surface area contributed by atoms with Crippen molar-refractivity contribution in [2.24, 2.45) is 7.05 Å². The molecular weight excluding hydrogens is 305 g/mol. The Balaban J connectivity index is 2.01. The van der Waals surface area contributed by atoms with E-state index in [4.69, 9.17) is 33.9 Å². The van der Waals surface area contributed by atoms with E-state index in [1.54, 1.807) is 6.07 Å². The van der Waals surface area contributed by atoms with Gasteiger partial charge in [0.2, 0.25) is 0 Å². The predicted octanol–water partition coefficient (Wildman–Crippen LogP) is 5.02. The summed E-state index contributed by atoms with van der Waals surface area (Å²) in [6.07, 6.45) is 6.28. The summed E-state index contributed by atoms with van der Waals surface area (Å²) in [7, 11) is 1.99. The van der Waals surface area contributed by atoms with Gasteiger partial charge in [0.25, 0.3) is 0 Å². The van der Waals surface area contributed by atoms with Gasteiger partial charge in [-0.25, -0.2) is 4.98 Å². The van der Waals surface area contributed by atoms with Crippen molar-refractivity contribution in [2.45, 2.75) is 38.0 Å². The number of nitrogen functional groups attached to an aromatic ring is 1. The number of imidazole rings is 1.